The Morgan fingerprint density at radius 3 is 2.57 bits per heavy atom. The third-order valence-corrected chi connectivity index (χ3v) is 3.23. The number of anilines is 1. The third kappa shape index (κ3) is 3.20. The molecule has 0 aliphatic rings. The Kier molecular flexibility index (Phi) is 4.55. The van der Waals surface area contributed by atoms with Crippen molar-refractivity contribution >= 4 is 33.7 Å². The lowest BCUT2D eigenvalue weighted by molar-refractivity contribution is 0.0531. The molecule has 9 heteroatoms. The van der Waals surface area contributed by atoms with Crippen molar-refractivity contribution in [1.82, 2.24) is 15.3 Å². The SMILES string of the molecule is CONC(=O)c1nn(-c2ccccc2)c(NC(N)=O)c1Br. The molecular weight excluding hydrogens is 342 g/mol. The second-order valence-electron chi connectivity index (χ2n) is 3.88. The van der Waals surface area contributed by atoms with E-state index in [0.717, 1.165) is 0 Å². The third-order valence-electron chi connectivity index (χ3n) is 2.48. The molecule has 0 unspecified atom stereocenters. The number of para-hydroxylation sites is 1. The number of hydrogen-bond donors (Lipinski definition) is 3. The van der Waals surface area contributed by atoms with Crippen molar-refractivity contribution in [1.29, 1.82) is 0 Å². The highest BCUT2D eigenvalue weighted by Crippen LogP contribution is 2.29. The maximum Gasteiger partial charge on any atom is 0.317 e. The molecule has 2 aromatic rings. The monoisotopic (exact) mass is 353 g/mol. The molecule has 8 nitrogen and oxygen atoms in total. The minimum atomic E-state index is -0.772. The van der Waals surface area contributed by atoms with Gasteiger partial charge in [0.1, 0.15) is 0 Å². The molecule has 1 heterocycles. The molecule has 110 valence electrons. The Balaban J connectivity index is 2.55. The van der Waals surface area contributed by atoms with Crippen LogP contribution in [-0.4, -0.2) is 28.8 Å². The molecule has 0 aliphatic heterocycles. The first kappa shape index (κ1) is 15.0. The molecule has 0 atom stereocenters. The molecule has 21 heavy (non-hydrogen) atoms. The fourth-order valence-corrected chi connectivity index (χ4v) is 2.19. The normalized spacial score (nSPS) is 10.2. The topological polar surface area (TPSA) is 111 Å². The predicted molar refractivity (Wildman–Crippen MR) is 78.9 cm³/mol. The molecule has 0 saturated carbocycles. The van der Waals surface area contributed by atoms with Crippen LogP contribution in [0.15, 0.2) is 34.8 Å². The van der Waals surface area contributed by atoms with E-state index in [0.29, 0.717) is 10.2 Å². The number of hydrogen-bond acceptors (Lipinski definition) is 4. The van der Waals surface area contributed by atoms with Gasteiger partial charge in [-0.25, -0.2) is 15.0 Å². The number of amides is 3. The smallest absolute Gasteiger partial charge is 0.317 e. The van der Waals surface area contributed by atoms with E-state index < -0.39 is 11.9 Å². The fourth-order valence-electron chi connectivity index (χ4n) is 1.67. The standard InChI is InChI=1S/C12H12BrN5O3/c1-21-17-11(19)9-8(13)10(15-12(14)20)18(16-9)7-5-3-2-4-6-7/h2-6H,1H3,(H,17,19)(H3,14,15,20). The van der Waals surface area contributed by atoms with E-state index in [4.69, 9.17) is 5.73 Å². The highest BCUT2D eigenvalue weighted by molar-refractivity contribution is 9.10. The summed E-state index contributed by atoms with van der Waals surface area (Å²) < 4.78 is 1.68. The van der Waals surface area contributed by atoms with Crippen molar-refractivity contribution in [2.24, 2.45) is 5.73 Å². The van der Waals surface area contributed by atoms with Crippen LogP contribution >= 0.6 is 15.9 Å². The van der Waals surface area contributed by atoms with E-state index in [2.05, 4.69) is 36.7 Å². The Morgan fingerprint density at radius 1 is 1.33 bits per heavy atom. The van der Waals surface area contributed by atoms with Crippen molar-refractivity contribution in [2.75, 3.05) is 12.4 Å². The number of rotatable bonds is 4. The zero-order valence-corrected chi connectivity index (χ0v) is 12.5. The van der Waals surface area contributed by atoms with Crippen LogP contribution in [-0.2, 0) is 4.84 Å². The van der Waals surface area contributed by atoms with E-state index in [-0.39, 0.29) is 11.5 Å². The summed E-state index contributed by atoms with van der Waals surface area (Å²) in [5, 5.41) is 6.59. The minimum absolute atomic E-state index is 0.0458. The Hall–Kier alpha value is -2.39. The Morgan fingerprint density at radius 2 is 2.00 bits per heavy atom. The van der Waals surface area contributed by atoms with Crippen LogP contribution in [0.25, 0.3) is 5.69 Å². The van der Waals surface area contributed by atoms with Gasteiger partial charge in [-0.05, 0) is 28.1 Å². The zero-order valence-electron chi connectivity index (χ0n) is 11.0. The maximum absolute atomic E-state index is 11.9. The number of halogens is 1. The number of carbonyl (C=O) groups is 2. The molecule has 2 rings (SSSR count). The van der Waals surface area contributed by atoms with Crippen LogP contribution in [0, 0.1) is 0 Å². The first-order chi connectivity index (χ1) is 10.0. The number of nitrogens with zero attached hydrogens (tertiary/aromatic N) is 2. The lowest BCUT2D eigenvalue weighted by Crippen LogP contribution is -2.22. The number of urea groups is 1. The summed E-state index contributed by atoms with van der Waals surface area (Å²) in [6.07, 6.45) is 0. The van der Waals surface area contributed by atoms with Crippen LogP contribution in [0.4, 0.5) is 10.6 Å². The Labute approximate surface area is 128 Å². The van der Waals surface area contributed by atoms with Crippen molar-refractivity contribution in [3.8, 4) is 5.69 Å². The first-order valence-electron chi connectivity index (χ1n) is 5.78. The summed E-state index contributed by atoms with van der Waals surface area (Å²) in [7, 11) is 1.31. The summed E-state index contributed by atoms with van der Waals surface area (Å²) in [5.74, 6) is -0.318. The molecule has 0 aliphatic carbocycles. The lowest BCUT2D eigenvalue weighted by atomic mass is 10.3. The van der Waals surface area contributed by atoms with E-state index in [1.54, 1.807) is 24.3 Å². The summed E-state index contributed by atoms with van der Waals surface area (Å²) in [6, 6.07) is 8.20. The average molecular weight is 354 g/mol. The summed E-state index contributed by atoms with van der Waals surface area (Å²) in [4.78, 5) is 27.6. The van der Waals surface area contributed by atoms with E-state index in [9.17, 15) is 9.59 Å². The highest BCUT2D eigenvalue weighted by Gasteiger charge is 2.23. The van der Waals surface area contributed by atoms with E-state index >= 15 is 0 Å². The van der Waals surface area contributed by atoms with Gasteiger partial charge in [-0.1, -0.05) is 18.2 Å². The van der Waals surface area contributed by atoms with Crippen molar-refractivity contribution in [3.63, 3.8) is 0 Å². The van der Waals surface area contributed by atoms with Gasteiger partial charge < -0.3 is 5.73 Å². The largest absolute Gasteiger partial charge is 0.351 e. The molecule has 0 saturated heterocycles. The molecule has 4 N–H and O–H groups in total. The minimum Gasteiger partial charge on any atom is -0.351 e. The van der Waals surface area contributed by atoms with Gasteiger partial charge in [-0.3, -0.25) is 14.9 Å². The van der Waals surface area contributed by atoms with E-state index in [1.807, 2.05) is 6.07 Å². The lowest BCUT2D eigenvalue weighted by Gasteiger charge is -2.07. The van der Waals surface area contributed by atoms with Crippen molar-refractivity contribution in [2.45, 2.75) is 0 Å². The highest BCUT2D eigenvalue weighted by atomic mass is 79.9. The summed E-state index contributed by atoms with van der Waals surface area (Å²) in [6.45, 7) is 0. The van der Waals surface area contributed by atoms with Gasteiger partial charge in [0.05, 0.1) is 17.3 Å². The molecule has 0 fully saturated rings. The molecular formula is C12H12BrN5O3. The van der Waals surface area contributed by atoms with Gasteiger partial charge in [0.25, 0.3) is 5.91 Å². The van der Waals surface area contributed by atoms with Crippen LogP contribution < -0.4 is 16.5 Å². The number of nitrogens with one attached hydrogen (secondary N) is 2. The summed E-state index contributed by atoms with van der Waals surface area (Å²) >= 11 is 3.23. The molecule has 0 spiro atoms. The maximum atomic E-state index is 11.9. The van der Waals surface area contributed by atoms with Gasteiger partial charge in [0.2, 0.25) is 0 Å². The second-order valence-corrected chi connectivity index (χ2v) is 4.68. The summed E-state index contributed by atoms with van der Waals surface area (Å²) in [5.41, 5.74) is 8.00. The van der Waals surface area contributed by atoms with Crippen molar-refractivity contribution < 1.29 is 14.4 Å². The number of aromatic nitrogens is 2. The second kappa shape index (κ2) is 6.37. The number of nitrogens with two attached hydrogens (primary N) is 1. The van der Waals surface area contributed by atoms with Crippen LogP contribution in [0.1, 0.15) is 10.5 Å². The number of carbonyl (C=O) groups excluding carboxylic acids is 2. The molecule has 0 bridgehead atoms. The molecule has 3 amide bonds. The van der Waals surface area contributed by atoms with Gasteiger partial charge in [0.15, 0.2) is 11.5 Å². The fraction of sp³-hybridized carbons (Fsp3) is 0.0833. The average Bonchev–Trinajstić information content (AvgIpc) is 2.77. The van der Waals surface area contributed by atoms with Crippen molar-refractivity contribution in [3.05, 3.63) is 40.5 Å². The molecule has 1 aromatic carbocycles. The number of benzene rings is 1. The zero-order chi connectivity index (χ0) is 15.4. The number of hydroxylamine groups is 1. The van der Waals surface area contributed by atoms with Gasteiger partial charge in [-0.2, -0.15) is 5.10 Å². The molecule has 1 aromatic heterocycles. The Bertz CT molecular complexity index is 671. The number of primary amides is 1. The van der Waals surface area contributed by atoms with E-state index in [1.165, 1.54) is 11.8 Å². The predicted octanol–water partition coefficient (Wildman–Crippen LogP) is 1.42. The van der Waals surface area contributed by atoms with Gasteiger partial charge in [-0.15, -0.1) is 0 Å². The van der Waals surface area contributed by atoms with Gasteiger partial charge in [0, 0.05) is 0 Å². The first-order valence-corrected chi connectivity index (χ1v) is 6.57. The van der Waals surface area contributed by atoms with Crippen LogP contribution in [0.2, 0.25) is 0 Å². The molecule has 0 radical (unpaired) electrons. The van der Waals surface area contributed by atoms with Crippen LogP contribution in [0.3, 0.4) is 0 Å². The quantitative estimate of drug-likeness (QED) is 0.721. The van der Waals surface area contributed by atoms with Crippen LogP contribution in [0.5, 0.6) is 0 Å². The van der Waals surface area contributed by atoms with Gasteiger partial charge >= 0.3 is 6.03 Å².